The third-order valence-corrected chi connectivity index (χ3v) is 5.26. The summed E-state index contributed by atoms with van der Waals surface area (Å²) in [6.45, 7) is 0.897. The van der Waals surface area contributed by atoms with Crippen LogP contribution in [-0.4, -0.2) is 51.1 Å². The van der Waals surface area contributed by atoms with Gasteiger partial charge in [0, 0.05) is 37.8 Å². The topological polar surface area (TPSA) is 118 Å². The smallest absolute Gasteiger partial charge is 0.270 e. The highest BCUT2D eigenvalue weighted by molar-refractivity contribution is 5.91. The molecule has 11 heteroatoms. The zero-order chi connectivity index (χ0) is 21.3. The first-order valence-electron chi connectivity index (χ1n) is 9.47. The Morgan fingerprint density at radius 1 is 1.13 bits per heavy atom. The Bertz CT molecular complexity index is 1010. The number of nitrogens with zero attached hydrogens (tertiary/aromatic N) is 6. The number of primary amides is 1. The van der Waals surface area contributed by atoms with Crippen LogP contribution in [0.4, 0.5) is 14.7 Å². The fourth-order valence-electron chi connectivity index (χ4n) is 3.71. The largest absolute Gasteiger partial charge is 0.364 e. The summed E-state index contributed by atoms with van der Waals surface area (Å²) in [6, 6.07) is 0.981. The fraction of sp³-hybridized carbons (Fsp3) is 0.368. The predicted molar refractivity (Wildman–Crippen MR) is 102 cm³/mol. The second-order valence-corrected chi connectivity index (χ2v) is 7.16. The van der Waals surface area contributed by atoms with Gasteiger partial charge < -0.3 is 10.6 Å². The lowest BCUT2D eigenvalue weighted by Gasteiger charge is -2.33. The molecule has 30 heavy (non-hydrogen) atoms. The van der Waals surface area contributed by atoms with Gasteiger partial charge in [0.15, 0.2) is 11.5 Å². The maximum Gasteiger partial charge on any atom is 0.270 e. The van der Waals surface area contributed by atoms with E-state index in [9.17, 15) is 18.4 Å². The number of rotatable bonds is 4. The van der Waals surface area contributed by atoms with Gasteiger partial charge in [-0.3, -0.25) is 14.6 Å². The first-order valence-corrected chi connectivity index (χ1v) is 9.47. The summed E-state index contributed by atoms with van der Waals surface area (Å²) in [5, 5.41) is 5.59. The molecule has 0 aromatic carbocycles. The highest BCUT2D eigenvalue weighted by Gasteiger charge is 2.35. The van der Waals surface area contributed by atoms with E-state index < -0.39 is 23.2 Å². The third-order valence-electron chi connectivity index (χ3n) is 5.26. The average molecular weight is 415 g/mol. The van der Waals surface area contributed by atoms with Crippen LogP contribution in [0.15, 0.2) is 29.8 Å². The van der Waals surface area contributed by atoms with E-state index in [1.54, 1.807) is 11.1 Å². The van der Waals surface area contributed by atoms with Gasteiger partial charge in [0.1, 0.15) is 5.82 Å². The molecule has 1 atom stereocenters. The lowest BCUT2D eigenvalue weighted by molar-refractivity contribution is -0.138. The summed E-state index contributed by atoms with van der Waals surface area (Å²) in [4.78, 5) is 37.8. The van der Waals surface area contributed by atoms with Crippen molar-refractivity contribution in [2.75, 3.05) is 18.0 Å². The summed E-state index contributed by atoms with van der Waals surface area (Å²) in [5.41, 5.74) is 5.27. The molecule has 0 unspecified atom stereocenters. The maximum atomic E-state index is 13.6. The Hall–Kier alpha value is -3.50. The van der Waals surface area contributed by atoms with E-state index in [2.05, 4.69) is 20.1 Å². The van der Waals surface area contributed by atoms with E-state index >= 15 is 0 Å². The van der Waals surface area contributed by atoms with Crippen LogP contribution in [0.5, 0.6) is 0 Å². The number of amides is 2. The highest BCUT2D eigenvalue weighted by atomic mass is 19.1. The number of aromatic nitrogens is 3. The molecule has 2 aliphatic rings. The van der Waals surface area contributed by atoms with Crippen molar-refractivity contribution >= 4 is 24.0 Å². The monoisotopic (exact) mass is 415 g/mol. The van der Waals surface area contributed by atoms with Gasteiger partial charge in [-0.15, -0.1) is 0 Å². The molecule has 2 aliphatic heterocycles. The van der Waals surface area contributed by atoms with E-state index in [1.807, 2.05) is 0 Å². The number of carbonyl (C=O) groups excluding carboxylic acids is 2. The Kier molecular flexibility index (Phi) is 5.34. The minimum atomic E-state index is -0.967. The molecule has 2 aromatic heterocycles. The number of carbonyl (C=O) groups is 2. The molecule has 0 aliphatic carbocycles. The molecule has 2 aromatic rings. The number of nitrogens with two attached hydrogens (primary N) is 1. The second kappa shape index (κ2) is 8.09. The van der Waals surface area contributed by atoms with Crippen molar-refractivity contribution in [3.8, 4) is 0 Å². The Morgan fingerprint density at radius 2 is 1.90 bits per heavy atom. The normalized spacial score (nSPS) is 19.3. The van der Waals surface area contributed by atoms with Crippen LogP contribution >= 0.6 is 0 Å². The maximum absolute atomic E-state index is 13.6. The molecule has 4 heterocycles. The predicted octanol–water partition coefficient (Wildman–Crippen LogP) is 1.42. The molecular formula is C19H19F2N7O2. The van der Waals surface area contributed by atoms with Gasteiger partial charge in [-0.2, -0.15) is 5.10 Å². The number of piperidine rings is 1. The Balaban J connectivity index is 1.43. The average Bonchev–Trinajstić information content (AvgIpc) is 3.23. The minimum absolute atomic E-state index is 0.143. The van der Waals surface area contributed by atoms with Crippen molar-refractivity contribution in [2.24, 2.45) is 16.8 Å². The molecule has 4 rings (SSSR count). The lowest BCUT2D eigenvalue weighted by Crippen LogP contribution is -2.42. The number of hydrazone groups is 1. The Morgan fingerprint density at radius 3 is 2.60 bits per heavy atom. The molecule has 156 valence electrons. The van der Waals surface area contributed by atoms with E-state index in [1.165, 1.54) is 17.3 Å². The first-order chi connectivity index (χ1) is 14.4. The second-order valence-electron chi connectivity index (χ2n) is 7.16. The van der Waals surface area contributed by atoms with Crippen molar-refractivity contribution < 1.29 is 18.4 Å². The van der Waals surface area contributed by atoms with Crippen LogP contribution in [0, 0.1) is 17.6 Å². The van der Waals surface area contributed by atoms with Gasteiger partial charge >= 0.3 is 0 Å². The number of pyridine rings is 1. The van der Waals surface area contributed by atoms with Gasteiger partial charge in [-0.1, -0.05) is 0 Å². The Labute approximate surface area is 170 Å². The van der Waals surface area contributed by atoms with E-state index in [4.69, 9.17) is 5.73 Å². The van der Waals surface area contributed by atoms with E-state index in [0.29, 0.717) is 37.9 Å². The van der Waals surface area contributed by atoms with Crippen molar-refractivity contribution in [1.82, 2.24) is 20.0 Å². The van der Waals surface area contributed by atoms with Gasteiger partial charge in [0.05, 0.1) is 18.4 Å². The molecule has 2 N–H and O–H groups in total. The quantitative estimate of drug-likeness (QED) is 0.807. The summed E-state index contributed by atoms with van der Waals surface area (Å²) in [5.74, 6) is -2.53. The SMILES string of the molecule is NC(=O)c1nc(N2CCC(C(=O)N3N=CC[C@H]3c3cncc(F)c3)CC2)ncc1F. The standard InChI is InChI=1S/C19H19F2N7O2/c20-13-7-12(8-23-9-13)15-1-4-25-28(15)18(30)11-2-5-27(6-3-11)19-24-10-14(21)16(26-19)17(22)29/h4,7-11,15H,1-3,5-6H2,(H2,22,29)/t15-/m0/s1. The van der Waals surface area contributed by atoms with Gasteiger partial charge in [0.2, 0.25) is 11.9 Å². The van der Waals surface area contributed by atoms with E-state index in [-0.39, 0.29) is 23.8 Å². The van der Waals surface area contributed by atoms with Gasteiger partial charge in [-0.05, 0) is 24.5 Å². The van der Waals surface area contributed by atoms with Crippen LogP contribution in [0.25, 0.3) is 0 Å². The molecule has 9 nitrogen and oxygen atoms in total. The van der Waals surface area contributed by atoms with Gasteiger partial charge in [0.25, 0.3) is 5.91 Å². The summed E-state index contributed by atoms with van der Waals surface area (Å²) >= 11 is 0. The lowest BCUT2D eigenvalue weighted by atomic mass is 9.94. The van der Waals surface area contributed by atoms with Crippen molar-refractivity contribution in [3.05, 3.63) is 47.5 Å². The van der Waals surface area contributed by atoms with Crippen molar-refractivity contribution in [3.63, 3.8) is 0 Å². The molecule has 0 saturated carbocycles. The van der Waals surface area contributed by atoms with Crippen molar-refractivity contribution in [2.45, 2.75) is 25.3 Å². The van der Waals surface area contributed by atoms with E-state index in [0.717, 1.165) is 12.4 Å². The molecule has 2 amide bonds. The summed E-state index contributed by atoms with van der Waals surface area (Å²) in [6.07, 6.45) is 6.71. The van der Waals surface area contributed by atoms with Crippen LogP contribution in [-0.2, 0) is 4.79 Å². The molecule has 1 saturated heterocycles. The molecular weight excluding hydrogens is 396 g/mol. The van der Waals surface area contributed by atoms with Crippen LogP contribution in [0.2, 0.25) is 0 Å². The molecule has 0 radical (unpaired) electrons. The van der Waals surface area contributed by atoms with Crippen LogP contribution in [0.3, 0.4) is 0 Å². The number of halogens is 2. The zero-order valence-electron chi connectivity index (χ0n) is 15.9. The zero-order valence-corrected chi connectivity index (χ0v) is 15.9. The molecule has 0 spiro atoms. The van der Waals surface area contributed by atoms with Crippen LogP contribution < -0.4 is 10.6 Å². The highest BCUT2D eigenvalue weighted by Crippen LogP contribution is 2.32. The third kappa shape index (κ3) is 3.82. The van der Waals surface area contributed by atoms with Crippen LogP contribution in [0.1, 0.15) is 41.4 Å². The fourth-order valence-corrected chi connectivity index (χ4v) is 3.71. The summed E-state index contributed by atoms with van der Waals surface area (Å²) < 4.78 is 27.1. The minimum Gasteiger partial charge on any atom is -0.364 e. The van der Waals surface area contributed by atoms with Gasteiger partial charge in [-0.25, -0.2) is 23.8 Å². The first kappa shape index (κ1) is 19.8. The molecule has 1 fully saturated rings. The van der Waals surface area contributed by atoms with Crippen molar-refractivity contribution in [1.29, 1.82) is 0 Å². The molecule has 0 bridgehead atoms. The summed E-state index contributed by atoms with van der Waals surface area (Å²) in [7, 11) is 0. The number of anilines is 1. The number of hydrogen-bond donors (Lipinski definition) is 1. The number of hydrogen-bond acceptors (Lipinski definition) is 7.